The smallest absolute Gasteiger partial charge is 0.117 e. The molecule has 0 rings (SSSR count). The quantitative estimate of drug-likeness (QED) is 0.571. The normalized spacial score (nSPS) is 18.6. The van der Waals surface area contributed by atoms with Gasteiger partial charge in [-0.25, -0.2) is 0 Å². The predicted octanol–water partition coefficient (Wildman–Crippen LogP) is 2.33. The third-order valence-electron chi connectivity index (χ3n) is 1.54. The Kier molecular flexibility index (Phi) is 3.74. The van der Waals surface area contributed by atoms with Gasteiger partial charge in [0.05, 0.1) is 0 Å². The summed E-state index contributed by atoms with van der Waals surface area (Å²) in [6.07, 6.45) is 1.00. The van der Waals surface area contributed by atoms with Gasteiger partial charge >= 0.3 is 0 Å². The van der Waals surface area contributed by atoms with Crippen molar-refractivity contribution in [1.29, 1.82) is 0 Å². The molecule has 0 aromatic heterocycles. The molecule has 0 bridgehead atoms. The van der Waals surface area contributed by atoms with Crippen LogP contribution in [0.15, 0.2) is 0 Å². The fraction of sp³-hybridized carbons (Fsp3) is 1.00. The fourth-order valence-electron chi connectivity index (χ4n) is 0.755. The van der Waals surface area contributed by atoms with E-state index in [0.717, 1.165) is 6.42 Å². The van der Waals surface area contributed by atoms with E-state index in [1.165, 1.54) is 0 Å². The van der Waals surface area contributed by atoms with Gasteiger partial charge in [0, 0.05) is 0 Å². The molecular weight excluding hydrogens is 144 g/mol. The van der Waals surface area contributed by atoms with Crippen LogP contribution in [0.2, 0.25) is 0 Å². The Morgan fingerprint density at radius 1 is 1.40 bits per heavy atom. The van der Waals surface area contributed by atoms with Crippen molar-refractivity contribution in [2.75, 3.05) is 0 Å². The lowest BCUT2D eigenvalue weighted by atomic mass is 10.3. The summed E-state index contributed by atoms with van der Waals surface area (Å²) < 4.78 is 11.5. The summed E-state index contributed by atoms with van der Waals surface area (Å²) in [7, 11) is 0. The van der Waals surface area contributed by atoms with Gasteiger partial charge in [-0.3, -0.25) is 0 Å². The molecule has 0 aliphatic rings. The third-order valence-corrected chi connectivity index (χ3v) is 3.82. The van der Waals surface area contributed by atoms with Gasteiger partial charge in [0.25, 0.3) is 0 Å². The second-order valence-corrected chi connectivity index (χ2v) is 6.25. The Morgan fingerprint density at radius 3 is 1.90 bits per heavy atom. The first-order valence-corrected chi connectivity index (χ1v) is 5.01. The van der Waals surface area contributed by atoms with Crippen LogP contribution < -0.4 is 0 Å². The van der Waals surface area contributed by atoms with Gasteiger partial charge in [-0.2, -0.15) is 0 Å². The highest BCUT2D eigenvalue weighted by atomic mass is 32.2. The molecule has 0 spiro atoms. The van der Waals surface area contributed by atoms with Gasteiger partial charge in [0.15, 0.2) is 0 Å². The van der Waals surface area contributed by atoms with E-state index in [0.29, 0.717) is 5.25 Å². The molecule has 1 nitrogen and oxygen atoms in total. The lowest BCUT2D eigenvalue weighted by Gasteiger charge is -2.28. The van der Waals surface area contributed by atoms with Gasteiger partial charge < -0.3 is 4.55 Å². The van der Waals surface area contributed by atoms with E-state index < -0.39 is 11.2 Å². The molecule has 0 heterocycles. The summed E-state index contributed by atoms with van der Waals surface area (Å²) in [5.74, 6) is 0. The van der Waals surface area contributed by atoms with Gasteiger partial charge in [-0.1, -0.05) is 6.92 Å². The van der Waals surface area contributed by atoms with E-state index in [-0.39, 0.29) is 4.75 Å². The van der Waals surface area contributed by atoms with E-state index in [9.17, 15) is 4.55 Å². The second kappa shape index (κ2) is 3.63. The van der Waals surface area contributed by atoms with Crippen LogP contribution in [-0.4, -0.2) is 14.5 Å². The molecule has 62 valence electrons. The molecule has 1 unspecified atom stereocenters. The van der Waals surface area contributed by atoms with Crippen molar-refractivity contribution in [3.05, 3.63) is 0 Å². The van der Waals surface area contributed by atoms with E-state index in [1.54, 1.807) is 0 Å². The minimum Gasteiger partial charge on any atom is -0.616 e. The monoisotopic (exact) mass is 162 g/mol. The molecule has 2 atom stereocenters. The Hall–Kier alpha value is 0.310. The molecule has 0 aromatic rings. The highest BCUT2D eigenvalue weighted by Crippen LogP contribution is 2.21. The number of rotatable bonds is 2. The molecule has 2 heteroatoms. The van der Waals surface area contributed by atoms with Crippen LogP contribution in [0.5, 0.6) is 0 Å². The maximum Gasteiger partial charge on any atom is 0.117 e. The number of hydrogen-bond acceptors (Lipinski definition) is 1. The lowest BCUT2D eigenvalue weighted by molar-refractivity contribution is 0.544. The molecule has 10 heavy (non-hydrogen) atoms. The highest BCUT2D eigenvalue weighted by molar-refractivity contribution is 7.93. The van der Waals surface area contributed by atoms with Crippen LogP contribution in [0.1, 0.15) is 41.0 Å². The van der Waals surface area contributed by atoms with E-state index in [2.05, 4.69) is 6.92 Å². The first-order valence-electron chi connectivity index (χ1n) is 3.80. The van der Waals surface area contributed by atoms with E-state index >= 15 is 0 Å². The molecule has 0 radical (unpaired) electrons. The van der Waals surface area contributed by atoms with Crippen molar-refractivity contribution >= 4 is 11.2 Å². The molecule has 0 saturated heterocycles. The van der Waals surface area contributed by atoms with Crippen LogP contribution in [0.4, 0.5) is 0 Å². The Morgan fingerprint density at radius 2 is 1.80 bits per heavy atom. The van der Waals surface area contributed by atoms with Crippen molar-refractivity contribution in [2.45, 2.75) is 51.0 Å². The largest absolute Gasteiger partial charge is 0.616 e. The average Bonchev–Trinajstić information content (AvgIpc) is 1.83. The SMILES string of the molecule is CC[C@H](C)[S+]([O-])C(C)(C)C. The first kappa shape index (κ1) is 10.3. The van der Waals surface area contributed by atoms with Crippen molar-refractivity contribution < 1.29 is 4.55 Å². The zero-order valence-electron chi connectivity index (χ0n) is 7.60. The molecule has 0 aliphatic heterocycles. The van der Waals surface area contributed by atoms with Crippen molar-refractivity contribution in [3.63, 3.8) is 0 Å². The van der Waals surface area contributed by atoms with Crippen molar-refractivity contribution in [2.24, 2.45) is 0 Å². The predicted molar refractivity (Wildman–Crippen MR) is 47.6 cm³/mol. The fourth-order valence-corrected chi connectivity index (χ4v) is 2.26. The molecule has 0 fully saturated rings. The third kappa shape index (κ3) is 2.93. The minimum atomic E-state index is -0.682. The lowest BCUT2D eigenvalue weighted by Crippen LogP contribution is -2.35. The van der Waals surface area contributed by atoms with Crippen LogP contribution in [-0.2, 0) is 11.2 Å². The highest BCUT2D eigenvalue weighted by Gasteiger charge is 2.29. The summed E-state index contributed by atoms with van der Waals surface area (Å²) in [5.41, 5.74) is 0. The van der Waals surface area contributed by atoms with Gasteiger partial charge in [-0.15, -0.1) is 0 Å². The molecular formula is C8H18OS. The summed E-state index contributed by atoms with van der Waals surface area (Å²) in [6.45, 7) is 10.2. The van der Waals surface area contributed by atoms with Gasteiger partial charge in [0.2, 0.25) is 0 Å². The summed E-state index contributed by atoms with van der Waals surface area (Å²) >= 11 is -0.682. The van der Waals surface area contributed by atoms with Gasteiger partial charge in [-0.05, 0) is 45.3 Å². The Labute approximate surface area is 67.4 Å². The maximum absolute atomic E-state index is 11.5. The standard InChI is InChI=1S/C8H18OS/c1-6-7(2)10(9)8(3,4)5/h7H,6H2,1-5H3/t7-,10?/m0/s1. The molecule has 0 aliphatic carbocycles. The molecule has 0 N–H and O–H groups in total. The van der Waals surface area contributed by atoms with Crippen LogP contribution >= 0.6 is 0 Å². The maximum atomic E-state index is 11.5. The Balaban J connectivity index is 3.94. The average molecular weight is 162 g/mol. The van der Waals surface area contributed by atoms with Crippen LogP contribution in [0, 0.1) is 0 Å². The Bertz CT molecular complexity index is 95.9. The minimum absolute atomic E-state index is 0.0462. The van der Waals surface area contributed by atoms with Gasteiger partial charge in [0.1, 0.15) is 10.00 Å². The second-order valence-electron chi connectivity index (χ2n) is 3.63. The van der Waals surface area contributed by atoms with Crippen LogP contribution in [0.3, 0.4) is 0 Å². The molecule has 0 saturated carbocycles. The van der Waals surface area contributed by atoms with E-state index in [4.69, 9.17) is 0 Å². The van der Waals surface area contributed by atoms with Crippen molar-refractivity contribution in [1.82, 2.24) is 0 Å². The number of hydrogen-bond donors (Lipinski definition) is 0. The zero-order chi connectivity index (χ0) is 8.36. The first-order chi connectivity index (χ1) is 4.39. The summed E-state index contributed by atoms with van der Waals surface area (Å²) in [4.78, 5) is 0. The molecule has 0 amide bonds. The summed E-state index contributed by atoms with van der Waals surface area (Å²) in [5, 5.41) is 0.333. The van der Waals surface area contributed by atoms with E-state index in [1.807, 2.05) is 27.7 Å². The topological polar surface area (TPSA) is 23.1 Å². The van der Waals surface area contributed by atoms with Crippen molar-refractivity contribution in [3.8, 4) is 0 Å². The zero-order valence-corrected chi connectivity index (χ0v) is 8.42. The molecule has 0 aromatic carbocycles. The summed E-state index contributed by atoms with van der Waals surface area (Å²) in [6, 6.07) is 0. The van der Waals surface area contributed by atoms with Crippen LogP contribution in [0.25, 0.3) is 0 Å².